The molecule has 28 heavy (non-hydrogen) atoms. The fourth-order valence-corrected chi connectivity index (χ4v) is 3.29. The Morgan fingerprint density at radius 2 is 1.57 bits per heavy atom. The Hall–Kier alpha value is -2.66. The monoisotopic (exact) mass is 426 g/mol. The van der Waals surface area contributed by atoms with Crippen molar-refractivity contribution >= 4 is 57.7 Å². The maximum atomic E-state index is 6.34. The molecule has 0 bridgehead atoms. The topological polar surface area (TPSA) is 50.2 Å². The molecule has 4 aromatic rings. The smallest absolute Gasteiger partial charge is 0.163 e. The molecule has 1 aromatic heterocycles. The van der Waals surface area contributed by atoms with Gasteiger partial charge in [0.2, 0.25) is 0 Å². The zero-order chi connectivity index (χ0) is 19.5. The molecule has 0 radical (unpaired) electrons. The third-order valence-corrected chi connectivity index (χ3v) is 4.83. The number of nitrogens with zero attached hydrogens (tertiary/aromatic N) is 3. The average Bonchev–Trinajstić information content (AvgIpc) is 2.69. The first-order chi connectivity index (χ1) is 13.6. The van der Waals surface area contributed by atoms with Crippen molar-refractivity contribution in [2.75, 3.05) is 5.43 Å². The number of nitrogens with one attached hydrogen (secondary N) is 1. The predicted octanol–water partition coefficient (Wildman–Crippen LogP) is 6.70. The summed E-state index contributed by atoms with van der Waals surface area (Å²) in [6.45, 7) is 0. The number of fused-ring (bicyclic) bond motifs is 1. The quantitative estimate of drug-likeness (QED) is 0.291. The Morgan fingerprint density at radius 3 is 2.36 bits per heavy atom. The van der Waals surface area contributed by atoms with Crippen LogP contribution in [0.25, 0.3) is 22.3 Å². The minimum atomic E-state index is 0.485. The molecule has 0 aliphatic heterocycles. The van der Waals surface area contributed by atoms with Crippen molar-refractivity contribution in [2.24, 2.45) is 5.10 Å². The van der Waals surface area contributed by atoms with Crippen molar-refractivity contribution in [2.45, 2.75) is 0 Å². The lowest BCUT2D eigenvalue weighted by Crippen LogP contribution is -1.99. The third kappa shape index (κ3) is 4.09. The fourth-order valence-electron chi connectivity index (χ4n) is 2.67. The van der Waals surface area contributed by atoms with Gasteiger partial charge in [-0.2, -0.15) is 5.10 Å². The van der Waals surface area contributed by atoms with Gasteiger partial charge < -0.3 is 0 Å². The lowest BCUT2D eigenvalue weighted by Gasteiger charge is -2.09. The summed E-state index contributed by atoms with van der Waals surface area (Å²) < 4.78 is 0. The first kappa shape index (κ1) is 18.7. The molecular formula is C21H13Cl3N4. The molecule has 1 N–H and O–H groups in total. The summed E-state index contributed by atoms with van der Waals surface area (Å²) in [5.74, 6) is 1.07. The maximum absolute atomic E-state index is 6.34. The van der Waals surface area contributed by atoms with Gasteiger partial charge in [-0.1, -0.05) is 59.1 Å². The van der Waals surface area contributed by atoms with E-state index in [-0.39, 0.29) is 0 Å². The molecule has 138 valence electrons. The number of anilines is 1. The molecule has 0 unspecified atom stereocenters. The van der Waals surface area contributed by atoms with Crippen molar-refractivity contribution in [3.8, 4) is 11.4 Å². The highest BCUT2D eigenvalue weighted by Crippen LogP contribution is 2.31. The normalized spacial score (nSPS) is 11.2. The van der Waals surface area contributed by atoms with Gasteiger partial charge in [-0.3, -0.25) is 5.43 Å². The van der Waals surface area contributed by atoms with Gasteiger partial charge >= 0.3 is 0 Å². The van der Waals surface area contributed by atoms with Crippen LogP contribution in [-0.2, 0) is 0 Å². The standard InChI is InChI=1S/C21H13Cl3N4/c22-14-7-5-13(6-8-14)12-25-28-21-17-3-1-2-4-19(17)26-20(27-21)16-10-9-15(23)11-18(16)24/h1-12H,(H,26,27,28)/b25-12+. The van der Waals surface area contributed by atoms with Gasteiger partial charge in [-0.25, -0.2) is 9.97 Å². The van der Waals surface area contributed by atoms with E-state index >= 15 is 0 Å². The summed E-state index contributed by atoms with van der Waals surface area (Å²) >= 11 is 18.3. The Balaban J connectivity index is 1.73. The van der Waals surface area contributed by atoms with Crippen molar-refractivity contribution in [3.05, 3.63) is 87.4 Å². The number of aromatic nitrogens is 2. The maximum Gasteiger partial charge on any atom is 0.163 e. The van der Waals surface area contributed by atoms with E-state index < -0.39 is 0 Å². The van der Waals surface area contributed by atoms with Crippen LogP contribution in [-0.4, -0.2) is 16.2 Å². The fraction of sp³-hybridized carbons (Fsp3) is 0. The minimum Gasteiger partial charge on any atom is -0.261 e. The molecule has 0 saturated carbocycles. The van der Waals surface area contributed by atoms with Crippen LogP contribution < -0.4 is 5.43 Å². The van der Waals surface area contributed by atoms with Crippen LogP contribution in [0.3, 0.4) is 0 Å². The largest absolute Gasteiger partial charge is 0.261 e. The Labute approximate surface area is 176 Å². The molecule has 1 heterocycles. The number of benzene rings is 3. The second kappa shape index (κ2) is 8.15. The van der Waals surface area contributed by atoms with Gasteiger partial charge in [-0.05, 0) is 48.0 Å². The summed E-state index contributed by atoms with van der Waals surface area (Å²) in [5, 5.41) is 6.87. The molecule has 0 aliphatic carbocycles. The lowest BCUT2D eigenvalue weighted by molar-refractivity contribution is 1.19. The molecule has 3 aromatic carbocycles. The zero-order valence-electron chi connectivity index (χ0n) is 14.4. The van der Waals surface area contributed by atoms with Crippen molar-refractivity contribution in [1.82, 2.24) is 9.97 Å². The number of para-hydroxylation sites is 1. The van der Waals surface area contributed by atoms with Crippen LogP contribution in [0, 0.1) is 0 Å². The van der Waals surface area contributed by atoms with Gasteiger partial charge in [0.1, 0.15) is 0 Å². The first-order valence-corrected chi connectivity index (χ1v) is 9.50. The molecule has 4 nitrogen and oxygen atoms in total. The molecule has 0 aliphatic rings. The molecule has 0 atom stereocenters. The number of halogens is 3. The highest BCUT2D eigenvalue weighted by molar-refractivity contribution is 6.36. The van der Waals surface area contributed by atoms with Gasteiger partial charge in [0.15, 0.2) is 11.6 Å². The molecule has 0 fully saturated rings. The Morgan fingerprint density at radius 1 is 0.821 bits per heavy atom. The molecule has 0 spiro atoms. The van der Waals surface area contributed by atoms with Crippen molar-refractivity contribution in [1.29, 1.82) is 0 Å². The van der Waals surface area contributed by atoms with Crippen LogP contribution in [0.15, 0.2) is 71.8 Å². The summed E-state index contributed by atoms with van der Waals surface area (Å²) in [6, 6.07) is 20.3. The molecule has 7 heteroatoms. The highest BCUT2D eigenvalue weighted by Gasteiger charge is 2.12. The molecular weight excluding hydrogens is 415 g/mol. The molecule has 0 amide bonds. The Bertz CT molecular complexity index is 1170. The number of rotatable bonds is 4. The number of hydrazone groups is 1. The summed E-state index contributed by atoms with van der Waals surface area (Å²) in [6.07, 6.45) is 1.70. The van der Waals surface area contributed by atoms with Crippen molar-refractivity contribution in [3.63, 3.8) is 0 Å². The van der Waals surface area contributed by atoms with Crippen LogP contribution >= 0.6 is 34.8 Å². The van der Waals surface area contributed by atoms with Gasteiger partial charge in [0.05, 0.1) is 16.8 Å². The third-order valence-electron chi connectivity index (χ3n) is 4.03. The predicted molar refractivity (Wildman–Crippen MR) is 118 cm³/mol. The van der Waals surface area contributed by atoms with Crippen LogP contribution in [0.5, 0.6) is 0 Å². The van der Waals surface area contributed by atoms with Gasteiger partial charge in [0.25, 0.3) is 0 Å². The molecule has 4 rings (SSSR count). The van der Waals surface area contributed by atoms with Crippen LogP contribution in [0.1, 0.15) is 5.56 Å². The van der Waals surface area contributed by atoms with Gasteiger partial charge in [0, 0.05) is 21.0 Å². The van der Waals surface area contributed by atoms with E-state index in [4.69, 9.17) is 34.8 Å². The second-order valence-corrected chi connectivity index (χ2v) is 7.24. The van der Waals surface area contributed by atoms with E-state index in [2.05, 4.69) is 20.5 Å². The average molecular weight is 428 g/mol. The Kier molecular flexibility index (Phi) is 5.44. The summed E-state index contributed by atoms with van der Waals surface area (Å²) in [4.78, 5) is 9.25. The van der Waals surface area contributed by atoms with E-state index in [0.717, 1.165) is 16.5 Å². The SMILES string of the molecule is Clc1ccc(/C=N/Nc2nc(-c3ccc(Cl)cc3Cl)nc3ccccc23)cc1. The van der Waals surface area contributed by atoms with Crippen molar-refractivity contribution < 1.29 is 0 Å². The summed E-state index contributed by atoms with van der Waals surface area (Å²) in [5.41, 5.74) is 5.40. The molecule has 0 saturated heterocycles. The highest BCUT2D eigenvalue weighted by atomic mass is 35.5. The van der Waals surface area contributed by atoms with E-state index in [1.165, 1.54) is 0 Å². The van der Waals surface area contributed by atoms with Gasteiger partial charge in [-0.15, -0.1) is 0 Å². The van der Waals surface area contributed by atoms with E-state index in [0.29, 0.717) is 32.3 Å². The van der Waals surface area contributed by atoms with E-state index in [1.54, 1.807) is 24.4 Å². The summed E-state index contributed by atoms with van der Waals surface area (Å²) in [7, 11) is 0. The number of hydrogen-bond donors (Lipinski definition) is 1. The van der Waals surface area contributed by atoms with Crippen LogP contribution in [0.2, 0.25) is 15.1 Å². The second-order valence-electron chi connectivity index (χ2n) is 5.96. The first-order valence-electron chi connectivity index (χ1n) is 8.37. The van der Waals surface area contributed by atoms with E-state index in [9.17, 15) is 0 Å². The van der Waals surface area contributed by atoms with Crippen LogP contribution in [0.4, 0.5) is 5.82 Å². The lowest BCUT2D eigenvalue weighted by atomic mass is 10.2. The number of hydrogen-bond acceptors (Lipinski definition) is 4. The minimum absolute atomic E-state index is 0.485. The van der Waals surface area contributed by atoms with E-state index in [1.807, 2.05) is 48.5 Å². The zero-order valence-corrected chi connectivity index (χ0v) is 16.7.